The van der Waals surface area contributed by atoms with Crippen LogP contribution in [0.25, 0.3) is 0 Å². The molecule has 62 valence electrons. The molecule has 1 unspecified atom stereocenters. The first kappa shape index (κ1) is 8.58. The molecule has 0 heteroatoms. The second-order valence-corrected chi connectivity index (χ2v) is 4.43. The summed E-state index contributed by atoms with van der Waals surface area (Å²) in [5.41, 5.74) is 3.35. The molecule has 0 saturated carbocycles. The standard InChI is InChI=1S/C11H18/c1-8(2)6-10-9(3)7-11(10,4)5/h6-7,10H,1-5H3. The van der Waals surface area contributed by atoms with Crippen LogP contribution < -0.4 is 0 Å². The molecule has 11 heavy (non-hydrogen) atoms. The molecule has 1 aliphatic rings. The van der Waals surface area contributed by atoms with Gasteiger partial charge in [0, 0.05) is 5.92 Å². The minimum absolute atomic E-state index is 0.404. The normalized spacial score (nSPS) is 27.0. The fourth-order valence-corrected chi connectivity index (χ4v) is 1.94. The second-order valence-electron chi connectivity index (χ2n) is 4.43. The lowest BCUT2D eigenvalue weighted by molar-refractivity contribution is 0.328. The zero-order valence-corrected chi connectivity index (χ0v) is 8.23. The molecular formula is C11H18. The molecule has 0 nitrogen and oxygen atoms in total. The molecule has 1 atom stereocenters. The van der Waals surface area contributed by atoms with Crippen LogP contribution in [0.3, 0.4) is 0 Å². The van der Waals surface area contributed by atoms with Crippen LogP contribution in [0.15, 0.2) is 23.3 Å². The molecule has 0 fully saturated rings. The van der Waals surface area contributed by atoms with E-state index < -0.39 is 0 Å². The summed E-state index contributed by atoms with van der Waals surface area (Å²) in [4.78, 5) is 0. The SMILES string of the molecule is CC(C)=CC1C(C)=CC1(C)C. The molecule has 0 saturated heterocycles. The number of hydrogen-bond donors (Lipinski definition) is 0. The average molecular weight is 150 g/mol. The van der Waals surface area contributed by atoms with Crippen LogP contribution in [0, 0.1) is 11.3 Å². The summed E-state index contributed by atoms with van der Waals surface area (Å²) in [5, 5.41) is 0. The van der Waals surface area contributed by atoms with Crippen molar-refractivity contribution in [2.75, 3.05) is 0 Å². The Morgan fingerprint density at radius 2 is 2.00 bits per heavy atom. The molecule has 0 bridgehead atoms. The highest BCUT2D eigenvalue weighted by Crippen LogP contribution is 2.45. The Morgan fingerprint density at radius 1 is 1.45 bits per heavy atom. The zero-order valence-electron chi connectivity index (χ0n) is 8.23. The van der Waals surface area contributed by atoms with Crippen molar-refractivity contribution in [1.82, 2.24) is 0 Å². The first-order valence-electron chi connectivity index (χ1n) is 4.28. The van der Waals surface area contributed by atoms with Gasteiger partial charge < -0.3 is 0 Å². The van der Waals surface area contributed by atoms with E-state index in [4.69, 9.17) is 0 Å². The Hall–Kier alpha value is -0.520. The minimum atomic E-state index is 0.404. The third-order valence-electron chi connectivity index (χ3n) is 2.39. The zero-order chi connectivity index (χ0) is 8.65. The summed E-state index contributed by atoms with van der Waals surface area (Å²) in [7, 11) is 0. The van der Waals surface area contributed by atoms with Crippen LogP contribution in [0.5, 0.6) is 0 Å². The highest BCUT2D eigenvalue weighted by Gasteiger charge is 2.34. The van der Waals surface area contributed by atoms with Crippen molar-refractivity contribution >= 4 is 0 Å². The van der Waals surface area contributed by atoms with Crippen LogP contribution in [-0.2, 0) is 0 Å². The van der Waals surface area contributed by atoms with Crippen LogP contribution in [-0.4, -0.2) is 0 Å². The van der Waals surface area contributed by atoms with Gasteiger partial charge in [0.2, 0.25) is 0 Å². The maximum absolute atomic E-state index is 2.37. The molecule has 0 aromatic rings. The molecule has 0 spiro atoms. The first-order valence-corrected chi connectivity index (χ1v) is 4.28. The second kappa shape index (κ2) is 2.51. The van der Waals surface area contributed by atoms with E-state index in [2.05, 4.69) is 46.8 Å². The average Bonchev–Trinajstić information content (AvgIpc) is 1.82. The van der Waals surface area contributed by atoms with Crippen LogP contribution in [0.1, 0.15) is 34.6 Å². The first-order chi connectivity index (χ1) is 4.93. The topological polar surface area (TPSA) is 0 Å². The van der Waals surface area contributed by atoms with E-state index in [-0.39, 0.29) is 0 Å². The Kier molecular flexibility index (Phi) is 1.96. The highest BCUT2D eigenvalue weighted by atomic mass is 14.4. The fraction of sp³-hybridized carbons (Fsp3) is 0.636. The Morgan fingerprint density at radius 3 is 2.18 bits per heavy atom. The van der Waals surface area contributed by atoms with E-state index in [1.807, 2.05) is 0 Å². The van der Waals surface area contributed by atoms with E-state index in [0.717, 1.165) is 0 Å². The van der Waals surface area contributed by atoms with Gasteiger partial charge in [-0.25, -0.2) is 0 Å². The van der Waals surface area contributed by atoms with E-state index in [0.29, 0.717) is 11.3 Å². The fourth-order valence-electron chi connectivity index (χ4n) is 1.94. The Labute approximate surface area is 70.0 Å². The van der Waals surface area contributed by atoms with E-state index in [9.17, 15) is 0 Å². The van der Waals surface area contributed by atoms with Gasteiger partial charge in [-0.1, -0.05) is 37.1 Å². The van der Waals surface area contributed by atoms with Gasteiger partial charge in [-0.3, -0.25) is 0 Å². The Bertz CT molecular complexity index is 212. The molecule has 0 N–H and O–H groups in total. The van der Waals surface area contributed by atoms with Gasteiger partial charge in [-0.2, -0.15) is 0 Å². The Balaban J connectivity index is 2.78. The maximum Gasteiger partial charge on any atom is 0.00625 e. The number of hydrogen-bond acceptors (Lipinski definition) is 0. The van der Waals surface area contributed by atoms with Gasteiger partial charge in [0.15, 0.2) is 0 Å². The summed E-state index contributed by atoms with van der Waals surface area (Å²) in [5.74, 6) is 0.687. The lowest BCUT2D eigenvalue weighted by atomic mass is 9.64. The molecule has 0 amide bonds. The largest absolute Gasteiger partial charge is 0.0798 e. The summed E-state index contributed by atoms with van der Waals surface area (Å²) in [6.07, 6.45) is 4.73. The van der Waals surface area contributed by atoms with Crippen molar-refractivity contribution in [3.63, 3.8) is 0 Å². The molecule has 1 aliphatic carbocycles. The predicted molar refractivity (Wildman–Crippen MR) is 50.5 cm³/mol. The molecule has 1 rings (SSSR count). The minimum Gasteiger partial charge on any atom is -0.0798 e. The van der Waals surface area contributed by atoms with Gasteiger partial charge in [0.05, 0.1) is 0 Å². The van der Waals surface area contributed by atoms with Crippen molar-refractivity contribution in [3.8, 4) is 0 Å². The summed E-state index contributed by atoms with van der Waals surface area (Å²) >= 11 is 0. The number of rotatable bonds is 1. The highest BCUT2D eigenvalue weighted by molar-refractivity contribution is 5.31. The van der Waals surface area contributed by atoms with Crippen molar-refractivity contribution < 1.29 is 0 Å². The summed E-state index contributed by atoms with van der Waals surface area (Å²) in [6, 6.07) is 0. The van der Waals surface area contributed by atoms with E-state index in [1.54, 1.807) is 0 Å². The molecule has 0 aliphatic heterocycles. The predicted octanol–water partition coefficient (Wildman–Crippen LogP) is 3.55. The molecular weight excluding hydrogens is 132 g/mol. The lowest BCUT2D eigenvalue weighted by Gasteiger charge is -2.40. The van der Waals surface area contributed by atoms with Crippen molar-refractivity contribution in [1.29, 1.82) is 0 Å². The van der Waals surface area contributed by atoms with Crippen molar-refractivity contribution in [2.24, 2.45) is 11.3 Å². The van der Waals surface area contributed by atoms with Crippen LogP contribution in [0.2, 0.25) is 0 Å². The number of allylic oxidation sites excluding steroid dienone is 4. The van der Waals surface area contributed by atoms with Crippen molar-refractivity contribution in [3.05, 3.63) is 23.3 Å². The van der Waals surface area contributed by atoms with Gasteiger partial charge in [-0.05, 0) is 26.2 Å². The lowest BCUT2D eigenvalue weighted by Crippen LogP contribution is -2.30. The maximum atomic E-state index is 2.37. The third kappa shape index (κ3) is 1.55. The van der Waals surface area contributed by atoms with Crippen molar-refractivity contribution in [2.45, 2.75) is 34.6 Å². The van der Waals surface area contributed by atoms with E-state index in [1.165, 1.54) is 11.1 Å². The van der Waals surface area contributed by atoms with Crippen LogP contribution in [0.4, 0.5) is 0 Å². The van der Waals surface area contributed by atoms with Gasteiger partial charge >= 0.3 is 0 Å². The molecule has 0 aromatic heterocycles. The summed E-state index contributed by atoms with van der Waals surface area (Å²) in [6.45, 7) is 11.1. The van der Waals surface area contributed by atoms with Gasteiger partial charge in [0.1, 0.15) is 0 Å². The third-order valence-corrected chi connectivity index (χ3v) is 2.39. The molecule has 0 heterocycles. The van der Waals surface area contributed by atoms with Gasteiger partial charge in [-0.15, -0.1) is 0 Å². The monoisotopic (exact) mass is 150 g/mol. The molecule has 0 radical (unpaired) electrons. The smallest absolute Gasteiger partial charge is 0.00625 e. The molecule has 0 aromatic carbocycles. The summed E-state index contributed by atoms with van der Waals surface area (Å²) < 4.78 is 0. The quantitative estimate of drug-likeness (QED) is 0.501. The van der Waals surface area contributed by atoms with E-state index >= 15 is 0 Å². The van der Waals surface area contributed by atoms with Gasteiger partial charge in [0.25, 0.3) is 0 Å². The van der Waals surface area contributed by atoms with Crippen LogP contribution >= 0.6 is 0 Å².